The van der Waals surface area contributed by atoms with E-state index in [2.05, 4.69) is 5.32 Å². The summed E-state index contributed by atoms with van der Waals surface area (Å²) < 4.78 is 39.4. The van der Waals surface area contributed by atoms with Crippen molar-refractivity contribution in [3.8, 4) is 0 Å². The number of carbonyl (C=O) groups excluding carboxylic acids is 2. The van der Waals surface area contributed by atoms with Gasteiger partial charge in [-0.3, -0.25) is 13.9 Å². The Morgan fingerprint density at radius 1 is 1.09 bits per heavy atom. The predicted octanol–water partition coefficient (Wildman–Crippen LogP) is 4.50. The number of sulfonamides is 1. The molecular weight excluding hydrogens is 528 g/mol. The molecule has 2 aromatic carbocycles. The molecule has 186 valence electrons. The molecule has 0 aliphatic rings. The van der Waals surface area contributed by atoms with Crippen LogP contribution in [0, 0.1) is 5.82 Å². The summed E-state index contributed by atoms with van der Waals surface area (Å²) in [4.78, 5) is 27.3. The minimum absolute atomic E-state index is 0.000985. The van der Waals surface area contributed by atoms with Crippen LogP contribution < -0.4 is 9.62 Å². The topological polar surface area (TPSA) is 86.8 Å². The highest BCUT2D eigenvalue weighted by molar-refractivity contribution is 7.92. The zero-order chi connectivity index (χ0) is 25.6. The summed E-state index contributed by atoms with van der Waals surface area (Å²) in [6.45, 7) is 3.01. The van der Waals surface area contributed by atoms with Gasteiger partial charge < -0.3 is 10.2 Å². The fourth-order valence-electron chi connectivity index (χ4n) is 3.09. The number of benzene rings is 2. The molecule has 0 aliphatic carbocycles. The zero-order valence-corrected chi connectivity index (χ0v) is 21.9. The van der Waals surface area contributed by atoms with E-state index in [1.54, 1.807) is 18.2 Å². The van der Waals surface area contributed by atoms with Crippen molar-refractivity contribution in [2.75, 3.05) is 23.7 Å². The van der Waals surface area contributed by atoms with Gasteiger partial charge in [0.1, 0.15) is 18.4 Å². The lowest BCUT2D eigenvalue weighted by molar-refractivity contribution is -0.139. The van der Waals surface area contributed by atoms with Gasteiger partial charge in [0.15, 0.2) is 0 Å². The number of hydrogen-bond donors (Lipinski definition) is 1. The molecule has 1 unspecified atom stereocenters. The van der Waals surface area contributed by atoms with Gasteiger partial charge in [0.25, 0.3) is 0 Å². The maximum atomic E-state index is 13.6. The summed E-state index contributed by atoms with van der Waals surface area (Å²) in [5, 5.41) is 3.00. The van der Waals surface area contributed by atoms with Crippen LogP contribution in [0.15, 0.2) is 36.4 Å². The molecule has 0 saturated carbocycles. The van der Waals surface area contributed by atoms with Crippen LogP contribution in [0.1, 0.15) is 25.8 Å². The molecule has 0 saturated heterocycles. The van der Waals surface area contributed by atoms with Crippen molar-refractivity contribution >= 4 is 62.3 Å². The first-order valence-electron chi connectivity index (χ1n) is 10.3. The maximum absolute atomic E-state index is 13.6. The van der Waals surface area contributed by atoms with Gasteiger partial charge in [0, 0.05) is 28.7 Å². The zero-order valence-electron chi connectivity index (χ0n) is 18.8. The van der Waals surface area contributed by atoms with Crippen LogP contribution in [-0.2, 0) is 26.2 Å². The van der Waals surface area contributed by atoms with E-state index in [1.165, 1.54) is 17.9 Å². The molecular formula is C22H25Cl3FN3O4S. The van der Waals surface area contributed by atoms with Crippen LogP contribution in [0.4, 0.5) is 10.1 Å². The normalized spacial score (nSPS) is 12.2. The van der Waals surface area contributed by atoms with E-state index < -0.39 is 40.2 Å². The number of halogens is 4. The predicted molar refractivity (Wildman–Crippen MR) is 133 cm³/mol. The molecule has 2 amide bonds. The summed E-state index contributed by atoms with van der Waals surface area (Å²) in [6.07, 6.45) is 1.60. The molecule has 1 N–H and O–H groups in total. The average molecular weight is 553 g/mol. The largest absolute Gasteiger partial charge is 0.354 e. The average Bonchev–Trinajstić information content (AvgIpc) is 2.76. The standard InChI is InChI=1S/C22H25Cl3FN3O4S/c1-4-10-27-22(31)14(2)28(12-16-17(23)6-5-7-18(16)24)21(30)13-29(34(3,32)33)15-8-9-20(26)19(25)11-15/h5-9,11,14H,4,10,12-13H2,1-3H3,(H,27,31). The lowest BCUT2D eigenvalue weighted by Gasteiger charge is -2.32. The Kier molecular flexibility index (Phi) is 9.99. The van der Waals surface area contributed by atoms with Crippen LogP contribution in [0.3, 0.4) is 0 Å². The molecule has 0 spiro atoms. The molecule has 0 radical (unpaired) electrons. The summed E-state index contributed by atoms with van der Waals surface area (Å²) in [6, 6.07) is 7.17. The fourth-order valence-corrected chi connectivity index (χ4v) is 4.62. The van der Waals surface area contributed by atoms with Crippen LogP contribution in [0.5, 0.6) is 0 Å². The van der Waals surface area contributed by atoms with Crippen molar-refractivity contribution < 1.29 is 22.4 Å². The van der Waals surface area contributed by atoms with Gasteiger partial charge in [0.2, 0.25) is 21.8 Å². The van der Waals surface area contributed by atoms with Crippen molar-refractivity contribution in [3.63, 3.8) is 0 Å². The van der Waals surface area contributed by atoms with Gasteiger partial charge in [-0.15, -0.1) is 0 Å². The Hall–Kier alpha value is -2.07. The van der Waals surface area contributed by atoms with E-state index >= 15 is 0 Å². The second kappa shape index (κ2) is 12.1. The summed E-state index contributed by atoms with van der Waals surface area (Å²) in [5.41, 5.74) is 0.408. The molecule has 0 bridgehead atoms. The lowest BCUT2D eigenvalue weighted by atomic mass is 10.1. The molecule has 0 aromatic heterocycles. The van der Waals surface area contributed by atoms with E-state index in [0.29, 0.717) is 18.5 Å². The van der Waals surface area contributed by atoms with Gasteiger partial charge in [-0.1, -0.05) is 47.8 Å². The number of nitrogens with zero attached hydrogens (tertiary/aromatic N) is 2. The Balaban J connectivity index is 2.45. The first-order chi connectivity index (χ1) is 15.9. The number of nitrogens with one attached hydrogen (secondary N) is 1. The number of rotatable bonds is 10. The third-order valence-electron chi connectivity index (χ3n) is 4.98. The highest BCUT2D eigenvalue weighted by atomic mass is 35.5. The second-order valence-corrected chi connectivity index (χ2v) is 10.7. The number of carbonyl (C=O) groups is 2. The molecule has 2 rings (SSSR count). The van der Waals surface area contributed by atoms with Gasteiger partial charge in [0.05, 0.1) is 17.0 Å². The van der Waals surface area contributed by atoms with Crippen molar-refractivity contribution in [1.82, 2.24) is 10.2 Å². The van der Waals surface area contributed by atoms with E-state index in [-0.39, 0.29) is 27.3 Å². The van der Waals surface area contributed by atoms with Gasteiger partial charge in [-0.2, -0.15) is 0 Å². The Labute approximate surface area is 213 Å². The van der Waals surface area contributed by atoms with E-state index in [1.807, 2.05) is 6.92 Å². The molecule has 2 aromatic rings. The summed E-state index contributed by atoms with van der Waals surface area (Å²) in [7, 11) is -3.97. The van der Waals surface area contributed by atoms with Gasteiger partial charge >= 0.3 is 0 Å². The molecule has 12 heteroatoms. The van der Waals surface area contributed by atoms with Crippen LogP contribution in [-0.4, -0.2) is 50.5 Å². The molecule has 34 heavy (non-hydrogen) atoms. The lowest BCUT2D eigenvalue weighted by Crippen LogP contribution is -2.51. The Morgan fingerprint density at radius 2 is 1.71 bits per heavy atom. The minimum atomic E-state index is -3.97. The molecule has 0 fully saturated rings. The Morgan fingerprint density at radius 3 is 2.24 bits per heavy atom. The van der Waals surface area contributed by atoms with Crippen LogP contribution >= 0.6 is 34.8 Å². The summed E-state index contributed by atoms with van der Waals surface area (Å²) in [5.74, 6) is -1.85. The maximum Gasteiger partial charge on any atom is 0.244 e. The highest BCUT2D eigenvalue weighted by Crippen LogP contribution is 2.28. The second-order valence-electron chi connectivity index (χ2n) is 7.56. The Bertz CT molecular complexity index is 1140. The molecule has 7 nitrogen and oxygen atoms in total. The quantitative estimate of drug-likeness (QED) is 0.470. The SMILES string of the molecule is CCCNC(=O)C(C)N(Cc1c(Cl)cccc1Cl)C(=O)CN(c1ccc(F)c(Cl)c1)S(C)(=O)=O. The van der Waals surface area contributed by atoms with Gasteiger partial charge in [-0.25, -0.2) is 12.8 Å². The van der Waals surface area contributed by atoms with Crippen molar-refractivity contribution in [2.24, 2.45) is 0 Å². The number of anilines is 1. The minimum Gasteiger partial charge on any atom is -0.354 e. The van der Waals surface area contributed by atoms with Gasteiger partial charge in [-0.05, 0) is 43.7 Å². The van der Waals surface area contributed by atoms with Crippen molar-refractivity contribution in [1.29, 1.82) is 0 Å². The molecule has 1 atom stereocenters. The smallest absolute Gasteiger partial charge is 0.244 e. The van der Waals surface area contributed by atoms with Crippen LogP contribution in [0.2, 0.25) is 15.1 Å². The number of hydrogen-bond acceptors (Lipinski definition) is 4. The van der Waals surface area contributed by atoms with E-state index in [9.17, 15) is 22.4 Å². The monoisotopic (exact) mass is 551 g/mol. The van der Waals surface area contributed by atoms with E-state index in [4.69, 9.17) is 34.8 Å². The van der Waals surface area contributed by atoms with Crippen LogP contribution in [0.25, 0.3) is 0 Å². The van der Waals surface area contributed by atoms with E-state index in [0.717, 1.165) is 22.7 Å². The highest BCUT2D eigenvalue weighted by Gasteiger charge is 2.31. The first-order valence-corrected chi connectivity index (χ1v) is 13.3. The molecule has 0 heterocycles. The molecule has 0 aliphatic heterocycles. The third kappa shape index (κ3) is 7.21. The van der Waals surface area contributed by atoms with Crippen molar-refractivity contribution in [2.45, 2.75) is 32.9 Å². The number of amides is 2. The summed E-state index contributed by atoms with van der Waals surface area (Å²) >= 11 is 18.4. The fraction of sp³-hybridized carbons (Fsp3) is 0.364. The first kappa shape index (κ1) is 28.2. The third-order valence-corrected chi connectivity index (χ3v) is 7.12. The van der Waals surface area contributed by atoms with Crippen molar-refractivity contribution in [3.05, 3.63) is 62.8 Å².